The lowest BCUT2D eigenvalue weighted by atomic mass is 10.3. The van der Waals surface area contributed by atoms with Crippen molar-refractivity contribution in [3.8, 4) is 0 Å². The van der Waals surface area contributed by atoms with Gasteiger partial charge in [-0.2, -0.15) is 0 Å². The van der Waals surface area contributed by atoms with Crippen molar-refractivity contribution in [1.29, 1.82) is 0 Å². The van der Waals surface area contributed by atoms with Crippen molar-refractivity contribution in [1.82, 2.24) is 10.1 Å². The number of amides is 1. The number of rotatable bonds is 2. The molecule has 0 fully saturated rings. The van der Waals surface area contributed by atoms with Gasteiger partial charge in [0.05, 0.1) is 15.9 Å². The molecule has 0 bridgehead atoms. The van der Waals surface area contributed by atoms with Crippen LogP contribution in [0.5, 0.6) is 0 Å². The van der Waals surface area contributed by atoms with E-state index in [-0.39, 0.29) is 11.7 Å². The van der Waals surface area contributed by atoms with Crippen LogP contribution >= 0.6 is 11.3 Å². The van der Waals surface area contributed by atoms with E-state index in [1.54, 1.807) is 19.1 Å². The van der Waals surface area contributed by atoms with Crippen molar-refractivity contribution in [2.24, 2.45) is 0 Å². The molecule has 1 aromatic carbocycles. The number of nitrogens with two attached hydrogens (primary N) is 1. The van der Waals surface area contributed by atoms with Crippen LogP contribution in [0.4, 0.5) is 10.8 Å². The minimum Gasteiger partial charge on any atom is -0.399 e. The van der Waals surface area contributed by atoms with Gasteiger partial charge in [-0.1, -0.05) is 16.5 Å². The maximum atomic E-state index is 11.9. The number of nitrogens with one attached hydrogen (secondary N) is 1. The number of hydrogen-bond acceptors (Lipinski definition) is 6. The van der Waals surface area contributed by atoms with Gasteiger partial charge in [0.25, 0.3) is 5.91 Å². The van der Waals surface area contributed by atoms with E-state index in [1.807, 2.05) is 12.1 Å². The Balaban J connectivity index is 1.87. The van der Waals surface area contributed by atoms with Crippen LogP contribution in [0.25, 0.3) is 10.2 Å². The third kappa shape index (κ3) is 2.27. The van der Waals surface area contributed by atoms with E-state index in [0.717, 1.165) is 10.2 Å². The SMILES string of the molecule is Cc1cc(C(=O)Nc2nc3ccc(N)cc3s2)on1. The highest BCUT2D eigenvalue weighted by Crippen LogP contribution is 2.27. The van der Waals surface area contributed by atoms with Crippen LogP contribution in [-0.4, -0.2) is 16.0 Å². The summed E-state index contributed by atoms with van der Waals surface area (Å²) in [6.07, 6.45) is 0. The molecular weight excluding hydrogens is 264 g/mol. The van der Waals surface area contributed by atoms with E-state index < -0.39 is 0 Å². The Kier molecular flexibility index (Phi) is 2.68. The first-order valence-electron chi connectivity index (χ1n) is 5.52. The number of aromatic nitrogens is 2. The standard InChI is InChI=1S/C12H10N4O2S/c1-6-4-9(18-16-6)11(17)15-12-14-8-3-2-7(13)5-10(8)19-12/h2-5H,13H2,1H3,(H,14,15,17). The molecule has 0 aliphatic rings. The number of nitrogen functional groups attached to an aromatic ring is 1. The Labute approximate surface area is 112 Å². The van der Waals surface area contributed by atoms with Gasteiger partial charge in [-0.15, -0.1) is 0 Å². The topological polar surface area (TPSA) is 94.0 Å². The molecule has 0 saturated heterocycles. The number of carbonyl (C=O) groups excluding carboxylic acids is 1. The number of aryl methyl sites for hydroxylation is 1. The summed E-state index contributed by atoms with van der Waals surface area (Å²) in [4.78, 5) is 16.2. The minimum absolute atomic E-state index is 0.163. The molecule has 96 valence electrons. The number of anilines is 2. The lowest BCUT2D eigenvalue weighted by molar-refractivity contribution is 0.0988. The summed E-state index contributed by atoms with van der Waals surface area (Å²) in [6, 6.07) is 6.98. The summed E-state index contributed by atoms with van der Waals surface area (Å²) in [6.45, 7) is 1.75. The van der Waals surface area contributed by atoms with Crippen LogP contribution in [0.15, 0.2) is 28.8 Å². The van der Waals surface area contributed by atoms with Gasteiger partial charge in [-0.25, -0.2) is 4.98 Å². The van der Waals surface area contributed by atoms with Crippen LogP contribution in [0.2, 0.25) is 0 Å². The van der Waals surface area contributed by atoms with Crippen molar-refractivity contribution in [3.05, 3.63) is 35.7 Å². The fraction of sp³-hybridized carbons (Fsp3) is 0.0833. The molecule has 3 aromatic rings. The highest BCUT2D eigenvalue weighted by atomic mass is 32.1. The lowest BCUT2D eigenvalue weighted by Crippen LogP contribution is -2.10. The quantitative estimate of drug-likeness (QED) is 0.700. The van der Waals surface area contributed by atoms with Gasteiger partial charge < -0.3 is 10.3 Å². The van der Waals surface area contributed by atoms with Crippen LogP contribution in [0, 0.1) is 6.92 Å². The van der Waals surface area contributed by atoms with Crippen LogP contribution < -0.4 is 11.1 Å². The van der Waals surface area contributed by atoms with Gasteiger partial charge in [0.15, 0.2) is 5.13 Å². The van der Waals surface area contributed by atoms with Gasteiger partial charge in [0, 0.05) is 11.8 Å². The maximum Gasteiger partial charge on any atom is 0.296 e. The summed E-state index contributed by atoms with van der Waals surface area (Å²) < 4.78 is 5.81. The molecule has 0 saturated carbocycles. The molecule has 2 aromatic heterocycles. The van der Waals surface area contributed by atoms with Crippen LogP contribution in [-0.2, 0) is 0 Å². The molecule has 6 nitrogen and oxygen atoms in total. The van der Waals surface area contributed by atoms with Gasteiger partial charge in [-0.05, 0) is 25.1 Å². The second kappa shape index (κ2) is 4.36. The molecule has 1 amide bonds. The van der Waals surface area contributed by atoms with E-state index in [0.29, 0.717) is 16.5 Å². The molecule has 2 heterocycles. The first-order valence-corrected chi connectivity index (χ1v) is 6.34. The monoisotopic (exact) mass is 274 g/mol. The highest BCUT2D eigenvalue weighted by molar-refractivity contribution is 7.22. The number of benzene rings is 1. The third-order valence-corrected chi connectivity index (χ3v) is 3.42. The lowest BCUT2D eigenvalue weighted by Gasteiger charge is -1.95. The Hall–Kier alpha value is -2.41. The first kappa shape index (κ1) is 11.7. The van der Waals surface area contributed by atoms with Crippen LogP contribution in [0.1, 0.15) is 16.2 Å². The summed E-state index contributed by atoms with van der Waals surface area (Å²) in [7, 11) is 0. The van der Waals surface area contributed by atoms with Gasteiger partial charge in [0.2, 0.25) is 5.76 Å². The molecule has 0 atom stereocenters. The largest absolute Gasteiger partial charge is 0.399 e. The highest BCUT2D eigenvalue weighted by Gasteiger charge is 2.14. The van der Waals surface area contributed by atoms with Crippen LogP contribution in [0.3, 0.4) is 0 Å². The first-order chi connectivity index (χ1) is 9.11. The molecular formula is C12H10N4O2S. The Morgan fingerprint density at radius 3 is 3.00 bits per heavy atom. The average Bonchev–Trinajstić information content (AvgIpc) is 2.94. The number of nitrogens with zero attached hydrogens (tertiary/aromatic N) is 2. The Morgan fingerprint density at radius 1 is 1.42 bits per heavy atom. The number of hydrogen-bond donors (Lipinski definition) is 2. The van der Waals surface area contributed by atoms with E-state index in [4.69, 9.17) is 10.3 Å². The Bertz CT molecular complexity index is 762. The van der Waals surface area contributed by atoms with Crippen molar-refractivity contribution in [2.45, 2.75) is 6.92 Å². The van der Waals surface area contributed by atoms with E-state index in [1.165, 1.54) is 11.3 Å². The van der Waals surface area contributed by atoms with Crippen molar-refractivity contribution >= 4 is 38.3 Å². The molecule has 0 radical (unpaired) electrons. The Morgan fingerprint density at radius 2 is 2.26 bits per heavy atom. The van der Waals surface area contributed by atoms with Crippen molar-refractivity contribution < 1.29 is 9.32 Å². The number of fused-ring (bicyclic) bond motifs is 1. The molecule has 7 heteroatoms. The molecule has 0 unspecified atom stereocenters. The second-order valence-corrected chi connectivity index (χ2v) is 5.06. The predicted molar refractivity (Wildman–Crippen MR) is 73.2 cm³/mol. The van der Waals surface area contributed by atoms with Gasteiger partial charge in [0.1, 0.15) is 0 Å². The average molecular weight is 274 g/mol. The van der Waals surface area contributed by atoms with Gasteiger partial charge in [-0.3, -0.25) is 10.1 Å². The predicted octanol–water partition coefficient (Wildman–Crippen LogP) is 2.43. The third-order valence-electron chi connectivity index (χ3n) is 2.48. The molecule has 3 rings (SSSR count). The number of carbonyl (C=O) groups is 1. The summed E-state index contributed by atoms with van der Waals surface area (Å²) in [5.74, 6) is -0.205. The second-order valence-electron chi connectivity index (χ2n) is 4.03. The smallest absolute Gasteiger partial charge is 0.296 e. The fourth-order valence-corrected chi connectivity index (χ4v) is 2.53. The normalized spacial score (nSPS) is 10.8. The van der Waals surface area contributed by atoms with Crippen molar-refractivity contribution in [3.63, 3.8) is 0 Å². The summed E-state index contributed by atoms with van der Waals surface area (Å²) in [5.41, 5.74) is 7.81. The number of thiazole rings is 1. The van der Waals surface area contributed by atoms with Gasteiger partial charge >= 0.3 is 0 Å². The van der Waals surface area contributed by atoms with E-state index >= 15 is 0 Å². The molecule has 19 heavy (non-hydrogen) atoms. The zero-order valence-electron chi connectivity index (χ0n) is 10.0. The summed E-state index contributed by atoms with van der Waals surface area (Å²) >= 11 is 1.36. The molecule has 0 aliphatic heterocycles. The van der Waals surface area contributed by atoms with Crippen molar-refractivity contribution in [2.75, 3.05) is 11.1 Å². The minimum atomic E-state index is -0.368. The molecule has 0 aliphatic carbocycles. The van der Waals surface area contributed by atoms with E-state index in [9.17, 15) is 4.79 Å². The zero-order chi connectivity index (χ0) is 13.4. The van der Waals surface area contributed by atoms with E-state index in [2.05, 4.69) is 15.5 Å². The molecule has 3 N–H and O–H groups in total. The maximum absolute atomic E-state index is 11.9. The fourth-order valence-electron chi connectivity index (χ4n) is 1.62. The zero-order valence-corrected chi connectivity index (χ0v) is 10.8. The summed E-state index contributed by atoms with van der Waals surface area (Å²) in [5, 5.41) is 6.84. The molecule has 0 spiro atoms.